The number of oxime groups is 1. The van der Waals surface area contributed by atoms with Gasteiger partial charge in [-0.25, -0.2) is 0 Å². The minimum atomic E-state index is 0.0261. The van der Waals surface area contributed by atoms with Gasteiger partial charge in [0.05, 0.1) is 11.6 Å². The molecule has 18 heavy (non-hydrogen) atoms. The molecule has 1 aromatic rings. The minimum absolute atomic E-state index is 0.0261. The van der Waals surface area contributed by atoms with Gasteiger partial charge in [-0.05, 0) is 30.0 Å². The van der Waals surface area contributed by atoms with Gasteiger partial charge in [0.25, 0.3) is 0 Å². The largest absolute Gasteiger partial charge is 0.492 e. The molecule has 3 N–H and O–H groups in total. The molecule has 0 bridgehead atoms. The van der Waals surface area contributed by atoms with Gasteiger partial charge < -0.3 is 15.7 Å². The van der Waals surface area contributed by atoms with E-state index < -0.39 is 0 Å². The van der Waals surface area contributed by atoms with E-state index in [1.54, 1.807) is 18.2 Å². The van der Waals surface area contributed by atoms with Gasteiger partial charge in [0.2, 0.25) is 0 Å². The van der Waals surface area contributed by atoms with Crippen molar-refractivity contribution in [2.75, 3.05) is 6.61 Å². The second-order valence-corrected chi connectivity index (χ2v) is 5.70. The number of nitrogens with two attached hydrogens (primary N) is 1. The number of rotatable bonds is 4. The first kappa shape index (κ1) is 14.6. The van der Waals surface area contributed by atoms with E-state index in [2.05, 4.69) is 25.9 Å². The molecule has 0 saturated carbocycles. The molecule has 0 unspecified atom stereocenters. The van der Waals surface area contributed by atoms with Crippen LogP contribution in [0.2, 0.25) is 5.02 Å². The van der Waals surface area contributed by atoms with E-state index in [0.717, 1.165) is 6.42 Å². The Morgan fingerprint density at radius 3 is 2.61 bits per heavy atom. The highest BCUT2D eigenvalue weighted by Gasteiger charge is 2.11. The lowest BCUT2D eigenvalue weighted by molar-refractivity contribution is 0.243. The molecule has 0 spiro atoms. The van der Waals surface area contributed by atoms with Crippen LogP contribution in [0.3, 0.4) is 0 Å². The summed E-state index contributed by atoms with van der Waals surface area (Å²) < 4.78 is 5.61. The number of nitrogens with zero attached hydrogens (tertiary/aromatic N) is 1. The van der Waals surface area contributed by atoms with E-state index in [1.807, 2.05) is 0 Å². The molecule has 0 aliphatic heterocycles. The number of amidine groups is 1. The molecule has 1 rings (SSSR count). The van der Waals surface area contributed by atoms with E-state index in [9.17, 15) is 0 Å². The van der Waals surface area contributed by atoms with Crippen molar-refractivity contribution in [1.29, 1.82) is 0 Å². The molecule has 5 heteroatoms. The first-order valence-corrected chi connectivity index (χ1v) is 6.11. The van der Waals surface area contributed by atoms with E-state index in [0.29, 0.717) is 22.9 Å². The molecule has 0 heterocycles. The first-order chi connectivity index (χ1) is 8.33. The zero-order chi connectivity index (χ0) is 13.8. The predicted molar refractivity (Wildman–Crippen MR) is 73.5 cm³/mol. The molecule has 0 fully saturated rings. The van der Waals surface area contributed by atoms with Crippen LogP contribution in [0, 0.1) is 5.41 Å². The zero-order valence-corrected chi connectivity index (χ0v) is 11.7. The van der Waals surface area contributed by atoms with Crippen molar-refractivity contribution in [2.45, 2.75) is 27.2 Å². The molecular formula is C13H19ClN2O2. The van der Waals surface area contributed by atoms with Crippen LogP contribution < -0.4 is 10.5 Å². The van der Waals surface area contributed by atoms with E-state index in [-0.39, 0.29) is 11.3 Å². The molecule has 0 amide bonds. The maximum absolute atomic E-state index is 8.57. The van der Waals surface area contributed by atoms with E-state index >= 15 is 0 Å². The van der Waals surface area contributed by atoms with Crippen molar-refractivity contribution < 1.29 is 9.94 Å². The van der Waals surface area contributed by atoms with Crippen LogP contribution in [0.25, 0.3) is 0 Å². The number of hydrogen-bond donors (Lipinski definition) is 2. The lowest BCUT2D eigenvalue weighted by Crippen LogP contribution is -2.13. The van der Waals surface area contributed by atoms with E-state index in [4.69, 9.17) is 27.3 Å². The van der Waals surface area contributed by atoms with Crippen LogP contribution in [0.4, 0.5) is 0 Å². The SMILES string of the molecule is CC(C)(C)CCOc1ccc(C(N)=NO)cc1Cl. The summed E-state index contributed by atoms with van der Waals surface area (Å²) in [6, 6.07) is 5.04. The standard InChI is InChI=1S/C13H19ClN2O2/c1-13(2,3)6-7-18-11-5-4-9(8-10(11)14)12(15)16-17/h4-5,8,17H,6-7H2,1-3H3,(H2,15,16). The molecule has 0 aliphatic rings. The molecule has 0 radical (unpaired) electrons. The summed E-state index contributed by atoms with van der Waals surface area (Å²) in [6.45, 7) is 7.06. The van der Waals surface area contributed by atoms with Gasteiger partial charge in [0.15, 0.2) is 5.84 Å². The molecule has 0 atom stereocenters. The summed E-state index contributed by atoms with van der Waals surface area (Å²) in [4.78, 5) is 0. The van der Waals surface area contributed by atoms with Gasteiger partial charge in [-0.2, -0.15) is 0 Å². The van der Waals surface area contributed by atoms with Crippen molar-refractivity contribution >= 4 is 17.4 Å². The van der Waals surface area contributed by atoms with Crippen LogP contribution in [-0.4, -0.2) is 17.6 Å². The van der Waals surface area contributed by atoms with Gasteiger partial charge >= 0.3 is 0 Å². The molecule has 100 valence electrons. The summed E-state index contributed by atoms with van der Waals surface area (Å²) in [5.74, 6) is 0.633. The van der Waals surface area contributed by atoms with Crippen molar-refractivity contribution in [3.63, 3.8) is 0 Å². The monoisotopic (exact) mass is 270 g/mol. The fourth-order valence-electron chi connectivity index (χ4n) is 1.30. The first-order valence-electron chi connectivity index (χ1n) is 5.74. The number of hydrogen-bond acceptors (Lipinski definition) is 3. The number of benzene rings is 1. The van der Waals surface area contributed by atoms with Gasteiger partial charge in [0, 0.05) is 5.56 Å². The quantitative estimate of drug-likeness (QED) is 0.382. The fraction of sp³-hybridized carbons (Fsp3) is 0.462. The summed E-state index contributed by atoms with van der Waals surface area (Å²) >= 11 is 6.06. The van der Waals surface area contributed by atoms with Gasteiger partial charge in [-0.1, -0.05) is 37.5 Å². The smallest absolute Gasteiger partial charge is 0.170 e. The third kappa shape index (κ3) is 4.45. The maximum atomic E-state index is 8.57. The Morgan fingerprint density at radius 2 is 2.11 bits per heavy atom. The van der Waals surface area contributed by atoms with Crippen LogP contribution in [0.15, 0.2) is 23.4 Å². The lowest BCUT2D eigenvalue weighted by Gasteiger charge is -2.18. The predicted octanol–water partition coefficient (Wildman–Crippen LogP) is 3.25. The van der Waals surface area contributed by atoms with Crippen molar-refractivity contribution in [3.8, 4) is 5.75 Å². The Hall–Kier alpha value is -1.42. The Kier molecular flexibility index (Phi) is 4.84. The van der Waals surface area contributed by atoms with Crippen molar-refractivity contribution in [3.05, 3.63) is 28.8 Å². The molecule has 1 aromatic carbocycles. The average Bonchev–Trinajstić information content (AvgIpc) is 2.28. The highest BCUT2D eigenvalue weighted by atomic mass is 35.5. The van der Waals surface area contributed by atoms with Crippen LogP contribution >= 0.6 is 11.6 Å². The normalized spacial score (nSPS) is 12.6. The highest BCUT2D eigenvalue weighted by molar-refractivity contribution is 6.32. The van der Waals surface area contributed by atoms with Gasteiger partial charge in [0.1, 0.15) is 5.75 Å². The molecule has 0 aromatic heterocycles. The summed E-state index contributed by atoms with van der Waals surface area (Å²) in [5, 5.41) is 11.9. The minimum Gasteiger partial charge on any atom is -0.492 e. The number of ether oxygens (including phenoxy) is 1. The Labute approximate surface area is 112 Å². The maximum Gasteiger partial charge on any atom is 0.170 e. The number of halogens is 1. The second kappa shape index (κ2) is 5.96. The van der Waals surface area contributed by atoms with Crippen LogP contribution in [0.1, 0.15) is 32.8 Å². The van der Waals surface area contributed by atoms with Gasteiger partial charge in [-0.15, -0.1) is 0 Å². The van der Waals surface area contributed by atoms with Crippen molar-refractivity contribution in [1.82, 2.24) is 0 Å². The molecule has 4 nitrogen and oxygen atoms in total. The zero-order valence-electron chi connectivity index (χ0n) is 10.9. The third-order valence-electron chi connectivity index (χ3n) is 2.45. The highest BCUT2D eigenvalue weighted by Crippen LogP contribution is 2.27. The van der Waals surface area contributed by atoms with E-state index in [1.165, 1.54) is 0 Å². The average molecular weight is 271 g/mol. The Bertz CT molecular complexity index is 439. The summed E-state index contributed by atoms with van der Waals surface area (Å²) in [7, 11) is 0. The fourth-order valence-corrected chi connectivity index (χ4v) is 1.54. The van der Waals surface area contributed by atoms with Gasteiger partial charge in [-0.3, -0.25) is 0 Å². The Balaban J connectivity index is 2.69. The summed E-state index contributed by atoms with van der Waals surface area (Å²) in [6.07, 6.45) is 0.936. The van der Waals surface area contributed by atoms with Crippen LogP contribution in [-0.2, 0) is 0 Å². The Morgan fingerprint density at radius 1 is 1.44 bits per heavy atom. The topological polar surface area (TPSA) is 67.8 Å². The molecular weight excluding hydrogens is 252 g/mol. The van der Waals surface area contributed by atoms with Crippen LogP contribution in [0.5, 0.6) is 5.75 Å². The third-order valence-corrected chi connectivity index (χ3v) is 2.74. The van der Waals surface area contributed by atoms with Crippen molar-refractivity contribution in [2.24, 2.45) is 16.3 Å². The second-order valence-electron chi connectivity index (χ2n) is 5.29. The lowest BCUT2D eigenvalue weighted by atomic mass is 9.93. The molecule has 0 saturated heterocycles. The summed E-state index contributed by atoms with van der Waals surface area (Å²) in [5.41, 5.74) is 6.25. The molecule has 0 aliphatic carbocycles.